The third-order valence-electron chi connectivity index (χ3n) is 4.98. The smallest absolute Gasteiger partial charge is 0.220 e. The first kappa shape index (κ1) is 18.2. The quantitative estimate of drug-likeness (QED) is 0.802. The Morgan fingerprint density at radius 3 is 2.58 bits per heavy atom. The summed E-state index contributed by atoms with van der Waals surface area (Å²) in [5, 5.41) is 6.02. The predicted molar refractivity (Wildman–Crippen MR) is 99.5 cm³/mol. The number of nitrogens with one attached hydrogen (secondary N) is 2. The minimum absolute atomic E-state index is 0.0246. The Balaban J connectivity index is 1.56. The van der Waals surface area contributed by atoms with E-state index in [1.807, 2.05) is 19.1 Å². The maximum atomic E-state index is 12.2. The summed E-state index contributed by atoms with van der Waals surface area (Å²) in [6.45, 7) is 4.33. The van der Waals surface area contributed by atoms with Crippen molar-refractivity contribution in [3.05, 3.63) is 59.0 Å². The minimum Gasteiger partial charge on any atom is -0.465 e. The molecular weight excluding hydrogens is 328 g/mol. The molecular formula is C21H26N2O3. The van der Waals surface area contributed by atoms with Crippen LogP contribution in [0.2, 0.25) is 0 Å². The van der Waals surface area contributed by atoms with Crippen molar-refractivity contribution in [1.82, 2.24) is 10.6 Å². The molecule has 5 heteroatoms. The lowest BCUT2D eigenvalue weighted by atomic mass is 9.84. The highest BCUT2D eigenvalue weighted by molar-refractivity contribution is 5.80. The van der Waals surface area contributed by atoms with E-state index in [0.717, 1.165) is 24.4 Å². The molecule has 2 aromatic rings. The van der Waals surface area contributed by atoms with Crippen molar-refractivity contribution in [3.63, 3.8) is 0 Å². The minimum atomic E-state index is -0.328. The monoisotopic (exact) mass is 354 g/mol. The molecule has 138 valence electrons. The van der Waals surface area contributed by atoms with E-state index in [-0.39, 0.29) is 17.4 Å². The zero-order valence-electron chi connectivity index (χ0n) is 15.4. The van der Waals surface area contributed by atoms with Gasteiger partial charge in [-0.3, -0.25) is 9.59 Å². The predicted octanol–water partition coefficient (Wildman–Crippen LogP) is 3.18. The summed E-state index contributed by atoms with van der Waals surface area (Å²) < 4.78 is 5.46. The fourth-order valence-electron chi connectivity index (χ4n) is 3.49. The molecule has 0 spiro atoms. The molecule has 1 fully saturated rings. The summed E-state index contributed by atoms with van der Waals surface area (Å²) in [4.78, 5) is 24.1. The van der Waals surface area contributed by atoms with Crippen LogP contribution in [0, 0.1) is 13.8 Å². The van der Waals surface area contributed by atoms with Crippen molar-refractivity contribution < 1.29 is 14.0 Å². The number of hydrogen-bond acceptors (Lipinski definition) is 3. The van der Waals surface area contributed by atoms with Crippen LogP contribution in [0.4, 0.5) is 0 Å². The lowest BCUT2D eigenvalue weighted by molar-refractivity contribution is -0.123. The highest BCUT2D eigenvalue weighted by atomic mass is 16.3. The van der Waals surface area contributed by atoms with Crippen LogP contribution in [-0.2, 0) is 22.6 Å². The maximum absolute atomic E-state index is 12.2. The fraction of sp³-hybridized carbons (Fsp3) is 0.429. The van der Waals surface area contributed by atoms with Crippen LogP contribution in [0.3, 0.4) is 0 Å². The molecule has 0 radical (unpaired) electrons. The van der Waals surface area contributed by atoms with Gasteiger partial charge < -0.3 is 15.1 Å². The molecule has 1 aliphatic rings. The van der Waals surface area contributed by atoms with Crippen molar-refractivity contribution in [2.24, 2.45) is 0 Å². The van der Waals surface area contributed by atoms with E-state index < -0.39 is 0 Å². The van der Waals surface area contributed by atoms with Gasteiger partial charge in [-0.1, -0.05) is 29.8 Å². The first-order valence-corrected chi connectivity index (χ1v) is 9.13. The van der Waals surface area contributed by atoms with Crippen molar-refractivity contribution >= 4 is 11.8 Å². The molecule has 5 nitrogen and oxygen atoms in total. The first-order valence-electron chi connectivity index (χ1n) is 9.13. The van der Waals surface area contributed by atoms with Gasteiger partial charge in [0.05, 0.1) is 6.54 Å². The molecule has 2 amide bonds. The number of hydrogen-bond donors (Lipinski definition) is 2. The van der Waals surface area contributed by atoms with Crippen molar-refractivity contribution in [1.29, 1.82) is 0 Å². The molecule has 26 heavy (non-hydrogen) atoms. The second-order valence-corrected chi connectivity index (χ2v) is 7.28. The number of furan rings is 1. The van der Waals surface area contributed by atoms with Gasteiger partial charge in [0.1, 0.15) is 11.5 Å². The Morgan fingerprint density at radius 2 is 1.96 bits per heavy atom. The van der Waals surface area contributed by atoms with Crippen LogP contribution >= 0.6 is 0 Å². The first-order chi connectivity index (χ1) is 12.4. The molecule has 1 aliphatic heterocycles. The molecule has 1 aromatic carbocycles. The van der Waals surface area contributed by atoms with Crippen LogP contribution in [-0.4, -0.2) is 17.4 Å². The van der Waals surface area contributed by atoms with Crippen LogP contribution in [0.1, 0.15) is 48.3 Å². The topological polar surface area (TPSA) is 71.3 Å². The number of amides is 2. The standard InChI is InChI=1S/C21H26N2O3/c1-15-3-6-17(7-4-15)13-21(12-10-20(25)23-21)11-9-19(24)22-14-18-8-5-16(2)26-18/h3-8H,9-14H2,1-2H3,(H,22,24)(H,23,25)/t21-/m1/s1. The van der Waals surface area contributed by atoms with Gasteiger partial charge in [-0.25, -0.2) is 0 Å². The largest absolute Gasteiger partial charge is 0.465 e. The van der Waals surface area contributed by atoms with E-state index in [9.17, 15) is 9.59 Å². The zero-order valence-corrected chi connectivity index (χ0v) is 15.4. The van der Waals surface area contributed by atoms with Crippen LogP contribution < -0.4 is 10.6 Å². The van der Waals surface area contributed by atoms with Crippen molar-refractivity contribution in [3.8, 4) is 0 Å². The van der Waals surface area contributed by atoms with Gasteiger partial charge >= 0.3 is 0 Å². The second kappa shape index (κ2) is 7.77. The average Bonchev–Trinajstić information content (AvgIpc) is 3.19. The van der Waals surface area contributed by atoms with Crippen LogP contribution in [0.25, 0.3) is 0 Å². The van der Waals surface area contributed by atoms with Gasteiger partial charge in [-0.15, -0.1) is 0 Å². The highest BCUT2D eigenvalue weighted by Gasteiger charge is 2.37. The number of carbonyl (C=O) groups excluding carboxylic acids is 2. The van der Waals surface area contributed by atoms with Crippen molar-refractivity contribution in [2.75, 3.05) is 0 Å². The normalized spacial score (nSPS) is 19.4. The summed E-state index contributed by atoms with van der Waals surface area (Å²) >= 11 is 0. The number of carbonyl (C=O) groups is 2. The third kappa shape index (κ3) is 4.75. The number of benzene rings is 1. The van der Waals surface area contributed by atoms with E-state index in [2.05, 4.69) is 41.8 Å². The van der Waals surface area contributed by atoms with Crippen LogP contribution in [0.5, 0.6) is 0 Å². The molecule has 1 aromatic heterocycles. The summed E-state index contributed by atoms with van der Waals surface area (Å²) in [5.74, 6) is 1.63. The highest BCUT2D eigenvalue weighted by Crippen LogP contribution is 2.29. The Kier molecular flexibility index (Phi) is 5.45. The van der Waals surface area contributed by atoms with E-state index in [1.54, 1.807) is 0 Å². The van der Waals surface area contributed by atoms with E-state index in [1.165, 1.54) is 11.1 Å². The van der Waals surface area contributed by atoms with Gasteiger partial charge in [0.15, 0.2) is 0 Å². The molecule has 0 unspecified atom stereocenters. The summed E-state index contributed by atoms with van der Waals surface area (Å²) in [5.41, 5.74) is 2.07. The number of aryl methyl sites for hydroxylation is 2. The lowest BCUT2D eigenvalue weighted by Gasteiger charge is -2.29. The molecule has 1 saturated heterocycles. The lowest BCUT2D eigenvalue weighted by Crippen LogP contribution is -2.44. The molecule has 3 rings (SSSR count). The molecule has 0 saturated carbocycles. The third-order valence-corrected chi connectivity index (χ3v) is 4.98. The van der Waals surface area contributed by atoms with Crippen molar-refractivity contribution in [2.45, 2.75) is 58.0 Å². The van der Waals surface area contributed by atoms with Gasteiger partial charge in [0.25, 0.3) is 0 Å². The van der Waals surface area contributed by atoms with E-state index in [0.29, 0.717) is 25.8 Å². The number of rotatable bonds is 7. The SMILES string of the molecule is Cc1ccc(C[C@@]2(CCC(=O)NCc3ccc(C)o3)CCC(=O)N2)cc1. The molecule has 1 atom stereocenters. The Labute approximate surface area is 154 Å². The Morgan fingerprint density at radius 1 is 1.19 bits per heavy atom. The zero-order chi connectivity index (χ0) is 18.6. The summed E-state index contributed by atoms with van der Waals surface area (Å²) in [7, 11) is 0. The average molecular weight is 354 g/mol. The maximum Gasteiger partial charge on any atom is 0.220 e. The van der Waals surface area contributed by atoms with Gasteiger partial charge in [0.2, 0.25) is 11.8 Å². The molecule has 2 N–H and O–H groups in total. The molecule has 0 bridgehead atoms. The van der Waals surface area contributed by atoms with Gasteiger partial charge in [0, 0.05) is 18.4 Å². The summed E-state index contributed by atoms with van der Waals surface area (Å²) in [6, 6.07) is 12.1. The van der Waals surface area contributed by atoms with Crippen LogP contribution in [0.15, 0.2) is 40.8 Å². The van der Waals surface area contributed by atoms with Gasteiger partial charge in [-0.05, 0) is 50.8 Å². The molecule has 2 heterocycles. The van der Waals surface area contributed by atoms with E-state index in [4.69, 9.17) is 4.42 Å². The Hall–Kier alpha value is -2.56. The van der Waals surface area contributed by atoms with E-state index >= 15 is 0 Å². The Bertz CT molecular complexity index is 779. The van der Waals surface area contributed by atoms with Gasteiger partial charge in [-0.2, -0.15) is 0 Å². The fourth-order valence-corrected chi connectivity index (χ4v) is 3.49. The summed E-state index contributed by atoms with van der Waals surface area (Å²) in [6.07, 6.45) is 3.06. The molecule has 0 aliphatic carbocycles. The second-order valence-electron chi connectivity index (χ2n) is 7.28.